The Morgan fingerprint density at radius 3 is 2.20 bits per heavy atom. The smallest absolute Gasteiger partial charge is 0.0459 e. The Balaban J connectivity index is 2.27. The molecule has 0 heterocycles. The number of hydrogen-bond donors (Lipinski definition) is 1. The summed E-state index contributed by atoms with van der Waals surface area (Å²) >= 11 is 6.43. The van der Waals surface area contributed by atoms with E-state index in [9.17, 15) is 0 Å². The second kappa shape index (κ2) is 6.92. The minimum absolute atomic E-state index is 0.281. The molecule has 0 saturated heterocycles. The van der Waals surface area contributed by atoms with Crippen LogP contribution in [0.1, 0.15) is 37.9 Å². The highest BCUT2D eigenvalue weighted by atomic mass is 35.5. The first-order valence-corrected chi connectivity index (χ1v) is 7.65. The summed E-state index contributed by atoms with van der Waals surface area (Å²) in [6.45, 7) is 7.36. The summed E-state index contributed by atoms with van der Waals surface area (Å²) in [4.78, 5) is 0. The normalized spacial score (nSPS) is 12.4. The van der Waals surface area contributed by atoms with Gasteiger partial charge in [-0.2, -0.15) is 0 Å². The van der Waals surface area contributed by atoms with Crippen molar-refractivity contribution in [2.24, 2.45) is 0 Å². The molecule has 0 spiro atoms. The van der Waals surface area contributed by atoms with Crippen LogP contribution in [0.5, 0.6) is 0 Å². The van der Waals surface area contributed by atoms with Crippen LogP contribution in [-0.4, -0.2) is 6.54 Å². The topological polar surface area (TPSA) is 12.0 Å². The first-order valence-electron chi connectivity index (χ1n) is 7.27. The summed E-state index contributed by atoms with van der Waals surface area (Å²) in [5.41, 5.74) is 4.90. The average Bonchev–Trinajstić information content (AvgIpc) is 2.47. The maximum atomic E-state index is 6.43. The highest BCUT2D eigenvalue weighted by Crippen LogP contribution is 2.29. The van der Waals surface area contributed by atoms with Gasteiger partial charge in [0.05, 0.1) is 0 Å². The molecule has 0 aromatic heterocycles. The fraction of sp³-hybridized carbons (Fsp3) is 0.333. The Morgan fingerprint density at radius 2 is 1.65 bits per heavy atom. The number of halogens is 1. The molecule has 0 aliphatic heterocycles. The molecule has 0 fully saturated rings. The Kier molecular flexibility index (Phi) is 5.22. The summed E-state index contributed by atoms with van der Waals surface area (Å²) in [6, 6.07) is 15.3. The summed E-state index contributed by atoms with van der Waals surface area (Å²) in [6.07, 6.45) is 1.07. The Hall–Kier alpha value is -1.31. The monoisotopic (exact) mass is 287 g/mol. The van der Waals surface area contributed by atoms with Crippen LogP contribution in [0.15, 0.2) is 42.5 Å². The van der Waals surface area contributed by atoms with Crippen LogP contribution in [0, 0.1) is 0 Å². The van der Waals surface area contributed by atoms with Gasteiger partial charge < -0.3 is 5.32 Å². The lowest BCUT2D eigenvalue weighted by Gasteiger charge is -2.15. The van der Waals surface area contributed by atoms with Crippen LogP contribution in [0.3, 0.4) is 0 Å². The molecule has 0 saturated carbocycles. The highest BCUT2D eigenvalue weighted by Gasteiger charge is 2.09. The largest absolute Gasteiger partial charge is 0.310 e. The molecule has 2 aromatic rings. The van der Waals surface area contributed by atoms with Crippen molar-refractivity contribution < 1.29 is 0 Å². The van der Waals surface area contributed by atoms with E-state index < -0.39 is 0 Å². The van der Waals surface area contributed by atoms with E-state index in [1.807, 2.05) is 0 Å². The second-order valence-electron chi connectivity index (χ2n) is 5.07. The van der Waals surface area contributed by atoms with Gasteiger partial charge in [0.2, 0.25) is 0 Å². The van der Waals surface area contributed by atoms with Gasteiger partial charge in [-0.1, -0.05) is 61.8 Å². The van der Waals surface area contributed by atoms with E-state index >= 15 is 0 Å². The van der Waals surface area contributed by atoms with Crippen LogP contribution < -0.4 is 5.32 Å². The summed E-state index contributed by atoms with van der Waals surface area (Å²) in [5, 5.41) is 4.22. The van der Waals surface area contributed by atoms with Gasteiger partial charge in [-0.25, -0.2) is 0 Å². The molecule has 1 nitrogen and oxygen atoms in total. The molecule has 2 rings (SSSR count). The first kappa shape index (κ1) is 15.1. The summed E-state index contributed by atoms with van der Waals surface area (Å²) in [7, 11) is 0. The van der Waals surface area contributed by atoms with Crippen molar-refractivity contribution in [2.45, 2.75) is 33.2 Å². The van der Waals surface area contributed by atoms with Crippen molar-refractivity contribution in [3.8, 4) is 11.1 Å². The number of aryl methyl sites for hydroxylation is 1. The fourth-order valence-corrected chi connectivity index (χ4v) is 2.75. The molecule has 0 aliphatic rings. The number of hydrogen-bond acceptors (Lipinski definition) is 1. The lowest BCUT2D eigenvalue weighted by Crippen LogP contribution is -2.17. The predicted molar refractivity (Wildman–Crippen MR) is 88.4 cm³/mol. The molecule has 2 heteroatoms. The molecule has 0 bridgehead atoms. The molecule has 0 amide bonds. The zero-order valence-electron chi connectivity index (χ0n) is 12.4. The third-order valence-corrected chi connectivity index (χ3v) is 4.00. The predicted octanol–water partition coefficient (Wildman–Crippen LogP) is 5.24. The fourth-order valence-electron chi connectivity index (χ4n) is 2.41. The van der Waals surface area contributed by atoms with Gasteiger partial charge in [-0.15, -0.1) is 0 Å². The van der Waals surface area contributed by atoms with E-state index in [2.05, 4.69) is 68.6 Å². The summed E-state index contributed by atoms with van der Waals surface area (Å²) in [5.74, 6) is 0. The Morgan fingerprint density at radius 1 is 1.00 bits per heavy atom. The zero-order valence-corrected chi connectivity index (χ0v) is 13.2. The van der Waals surface area contributed by atoms with Crippen molar-refractivity contribution >= 4 is 11.6 Å². The number of nitrogens with one attached hydrogen (secondary N) is 1. The minimum Gasteiger partial charge on any atom is -0.310 e. The number of rotatable bonds is 5. The molecule has 0 radical (unpaired) electrons. The lowest BCUT2D eigenvalue weighted by molar-refractivity contribution is 0.598. The molecule has 1 atom stereocenters. The Labute approximate surface area is 127 Å². The first-order chi connectivity index (χ1) is 9.65. The van der Waals surface area contributed by atoms with Crippen LogP contribution in [0.4, 0.5) is 0 Å². The second-order valence-corrected chi connectivity index (χ2v) is 5.47. The Bertz CT molecular complexity index is 560. The molecule has 0 aliphatic carbocycles. The van der Waals surface area contributed by atoms with Crippen molar-refractivity contribution in [3.05, 3.63) is 58.6 Å². The van der Waals surface area contributed by atoms with Gasteiger partial charge in [0.25, 0.3) is 0 Å². The summed E-state index contributed by atoms with van der Waals surface area (Å²) < 4.78 is 0. The van der Waals surface area contributed by atoms with E-state index in [-0.39, 0.29) is 6.04 Å². The third kappa shape index (κ3) is 3.41. The molecule has 1 unspecified atom stereocenters. The maximum Gasteiger partial charge on any atom is 0.0459 e. The standard InChI is InChI=1S/C18H22ClN/c1-4-14-6-8-15(9-7-14)16-10-11-17(18(19)12-16)13(3)20-5-2/h6-13,20H,4-5H2,1-3H3. The van der Waals surface area contributed by atoms with Gasteiger partial charge in [-0.3, -0.25) is 0 Å². The third-order valence-electron chi connectivity index (χ3n) is 3.67. The van der Waals surface area contributed by atoms with Crippen LogP contribution >= 0.6 is 11.6 Å². The highest BCUT2D eigenvalue weighted by molar-refractivity contribution is 6.31. The molecule has 20 heavy (non-hydrogen) atoms. The minimum atomic E-state index is 0.281. The molecular formula is C18H22ClN. The van der Waals surface area contributed by atoms with Crippen molar-refractivity contribution in [2.75, 3.05) is 6.54 Å². The van der Waals surface area contributed by atoms with Gasteiger partial charge in [0.1, 0.15) is 0 Å². The molecular weight excluding hydrogens is 266 g/mol. The van der Waals surface area contributed by atoms with Crippen molar-refractivity contribution in [3.63, 3.8) is 0 Å². The molecule has 2 aromatic carbocycles. The van der Waals surface area contributed by atoms with Crippen molar-refractivity contribution in [1.82, 2.24) is 5.32 Å². The van der Waals surface area contributed by atoms with E-state index in [0.717, 1.165) is 23.6 Å². The SMILES string of the molecule is CCNC(C)c1ccc(-c2ccc(CC)cc2)cc1Cl. The zero-order chi connectivity index (χ0) is 14.5. The van der Waals surface area contributed by atoms with Gasteiger partial charge in [-0.05, 0) is 48.2 Å². The van der Waals surface area contributed by atoms with Crippen molar-refractivity contribution in [1.29, 1.82) is 0 Å². The van der Waals surface area contributed by atoms with Crippen LogP contribution in [-0.2, 0) is 6.42 Å². The van der Waals surface area contributed by atoms with E-state index in [1.54, 1.807) is 0 Å². The molecule has 1 N–H and O–H groups in total. The molecule has 106 valence electrons. The van der Waals surface area contributed by atoms with E-state index in [4.69, 9.17) is 11.6 Å². The van der Waals surface area contributed by atoms with E-state index in [1.165, 1.54) is 16.7 Å². The lowest BCUT2D eigenvalue weighted by atomic mass is 10.00. The van der Waals surface area contributed by atoms with Gasteiger partial charge >= 0.3 is 0 Å². The average molecular weight is 288 g/mol. The van der Waals surface area contributed by atoms with Gasteiger partial charge in [0.15, 0.2) is 0 Å². The van der Waals surface area contributed by atoms with Gasteiger partial charge in [0, 0.05) is 11.1 Å². The van der Waals surface area contributed by atoms with E-state index in [0.29, 0.717) is 0 Å². The van der Waals surface area contributed by atoms with Crippen LogP contribution in [0.2, 0.25) is 5.02 Å². The maximum absolute atomic E-state index is 6.43. The quantitative estimate of drug-likeness (QED) is 0.793. The number of benzene rings is 2. The van der Waals surface area contributed by atoms with Crippen LogP contribution in [0.25, 0.3) is 11.1 Å².